The number of benzene rings is 1. The largest absolute Gasteiger partial charge is 0.435 e. The molecule has 0 aliphatic rings. The van der Waals surface area contributed by atoms with E-state index in [-0.39, 0.29) is 16.8 Å². The van der Waals surface area contributed by atoms with Gasteiger partial charge in [-0.3, -0.25) is 4.79 Å². The number of carbonyl (C=O) groups excluding carboxylic acids is 1. The zero-order valence-electron chi connectivity index (χ0n) is 15.3. The number of carbonyl (C=O) groups is 1. The van der Waals surface area contributed by atoms with Gasteiger partial charge in [-0.2, -0.15) is 8.78 Å². The molecule has 1 aromatic carbocycles. The molecular formula is C18H18F2N4O2S2. The third-order valence-corrected chi connectivity index (χ3v) is 6.02. The molecule has 3 aromatic rings. The molecule has 148 valence electrons. The lowest BCUT2D eigenvalue weighted by Gasteiger charge is -2.12. The molecule has 0 radical (unpaired) electrons. The van der Waals surface area contributed by atoms with Crippen molar-refractivity contribution >= 4 is 34.0 Å². The lowest BCUT2D eigenvalue weighted by molar-refractivity contribution is -0.0498. The van der Waals surface area contributed by atoms with E-state index in [0.717, 1.165) is 17.1 Å². The number of rotatable bonds is 7. The first kappa shape index (κ1) is 20.3. The average Bonchev–Trinajstić information content (AvgIpc) is 3.17. The molecule has 0 saturated carbocycles. The molecule has 0 aliphatic carbocycles. The van der Waals surface area contributed by atoms with Crippen molar-refractivity contribution in [3.8, 4) is 11.4 Å². The van der Waals surface area contributed by atoms with Gasteiger partial charge in [0.1, 0.15) is 5.75 Å². The van der Waals surface area contributed by atoms with Crippen LogP contribution in [-0.4, -0.2) is 32.4 Å². The number of thioether (sulfide) groups is 1. The lowest BCUT2D eigenvalue weighted by atomic mass is 10.1. The predicted molar refractivity (Wildman–Crippen MR) is 106 cm³/mol. The van der Waals surface area contributed by atoms with Crippen LogP contribution in [0.1, 0.15) is 28.7 Å². The molecule has 0 aliphatic heterocycles. The van der Waals surface area contributed by atoms with Crippen LogP contribution in [0.15, 0.2) is 34.7 Å². The van der Waals surface area contributed by atoms with E-state index in [1.165, 1.54) is 35.2 Å². The van der Waals surface area contributed by atoms with Crippen molar-refractivity contribution in [2.24, 2.45) is 0 Å². The summed E-state index contributed by atoms with van der Waals surface area (Å²) in [7, 11) is 0. The van der Waals surface area contributed by atoms with E-state index >= 15 is 0 Å². The molecule has 6 nitrogen and oxygen atoms in total. The van der Waals surface area contributed by atoms with Gasteiger partial charge in [0, 0.05) is 22.6 Å². The van der Waals surface area contributed by atoms with Crippen LogP contribution in [0.4, 0.5) is 13.9 Å². The van der Waals surface area contributed by atoms with Gasteiger partial charge < -0.3 is 15.0 Å². The molecule has 2 N–H and O–H groups in total. The highest BCUT2D eigenvalue weighted by Gasteiger charge is 2.23. The smallest absolute Gasteiger partial charge is 0.387 e. The van der Waals surface area contributed by atoms with E-state index < -0.39 is 6.61 Å². The van der Waals surface area contributed by atoms with Crippen LogP contribution in [0.5, 0.6) is 5.75 Å². The number of Topliss-reactive ketones (excluding diaryl/α,β-unsaturated/α-hetero) is 1. The number of anilines is 1. The highest BCUT2D eigenvalue weighted by atomic mass is 32.2. The van der Waals surface area contributed by atoms with E-state index in [2.05, 4.69) is 14.9 Å². The Balaban J connectivity index is 1.83. The molecule has 2 aromatic heterocycles. The monoisotopic (exact) mass is 424 g/mol. The fourth-order valence-electron chi connectivity index (χ4n) is 2.88. The maximum atomic E-state index is 12.9. The van der Waals surface area contributed by atoms with Crippen molar-refractivity contribution in [2.45, 2.75) is 37.0 Å². The van der Waals surface area contributed by atoms with Crippen LogP contribution < -0.4 is 10.5 Å². The van der Waals surface area contributed by atoms with Crippen LogP contribution in [0.3, 0.4) is 0 Å². The predicted octanol–water partition coefficient (Wildman–Crippen LogP) is 4.49. The topological polar surface area (TPSA) is 83.0 Å². The molecule has 1 atom stereocenters. The normalized spacial score (nSPS) is 12.4. The van der Waals surface area contributed by atoms with Gasteiger partial charge in [0.15, 0.2) is 10.1 Å². The van der Waals surface area contributed by atoms with E-state index in [4.69, 9.17) is 5.73 Å². The minimum atomic E-state index is -2.87. The minimum Gasteiger partial charge on any atom is -0.435 e. The van der Waals surface area contributed by atoms with Gasteiger partial charge in [-0.25, -0.2) is 0 Å². The number of ketones is 1. The number of alkyl halides is 2. The third-order valence-electron chi connectivity index (χ3n) is 4.09. The standard InChI is InChI=1S/C18H18F2N4O2S2/c1-9-8-14(15(25)11(3)27-18-23-22-17(21)28-18)10(2)24(9)12-4-6-13(7-5-12)26-16(19)20/h4-8,11,16H,1-3H3,(H2,21,22)/t11-/m0/s1. The fourth-order valence-corrected chi connectivity index (χ4v) is 4.73. The minimum absolute atomic E-state index is 0.0317. The van der Waals surface area contributed by atoms with Gasteiger partial charge in [0.2, 0.25) is 5.13 Å². The Morgan fingerprint density at radius 3 is 2.50 bits per heavy atom. The number of ether oxygens (including phenoxy) is 1. The number of aromatic nitrogens is 3. The summed E-state index contributed by atoms with van der Waals surface area (Å²) < 4.78 is 31.6. The SMILES string of the molecule is Cc1cc(C(=O)[C@H](C)Sc2nnc(N)s2)c(C)n1-c1ccc(OC(F)F)cc1. The summed E-state index contributed by atoms with van der Waals surface area (Å²) >= 11 is 2.55. The van der Waals surface area contributed by atoms with Crippen molar-refractivity contribution < 1.29 is 18.3 Å². The highest BCUT2D eigenvalue weighted by molar-refractivity contribution is 8.02. The summed E-state index contributed by atoms with van der Waals surface area (Å²) in [6.07, 6.45) is 0. The summed E-state index contributed by atoms with van der Waals surface area (Å²) in [5.41, 5.74) is 8.57. The average molecular weight is 424 g/mol. The molecule has 0 fully saturated rings. The first-order valence-electron chi connectivity index (χ1n) is 8.30. The quantitative estimate of drug-likeness (QED) is 0.444. The maximum absolute atomic E-state index is 12.9. The maximum Gasteiger partial charge on any atom is 0.387 e. The Morgan fingerprint density at radius 1 is 1.25 bits per heavy atom. The van der Waals surface area contributed by atoms with Gasteiger partial charge in [-0.1, -0.05) is 23.1 Å². The second kappa shape index (κ2) is 8.27. The van der Waals surface area contributed by atoms with Gasteiger partial charge in [-0.15, -0.1) is 10.2 Å². The molecule has 10 heteroatoms. The van der Waals surface area contributed by atoms with Gasteiger partial charge >= 0.3 is 6.61 Å². The summed E-state index contributed by atoms with van der Waals surface area (Å²) in [4.78, 5) is 12.9. The highest BCUT2D eigenvalue weighted by Crippen LogP contribution is 2.31. The van der Waals surface area contributed by atoms with E-state index in [0.29, 0.717) is 15.0 Å². The van der Waals surface area contributed by atoms with Gasteiger partial charge in [-0.05, 0) is 51.1 Å². The molecule has 2 heterocycles. The molecular weight excluding hydrogens is 406 g/mol. The molecule has 0 spiro atoms. The number of nitrogen functional groups attached to an aromatic ring is 1. The molecule has 3 rings (SSSR count). The van der Waals surface area contributed by atoms with Gasteiger partial charge in [0.05, 0.1) is 5.25 Å². The van der Waals surface area contributed by atoms with Crippen molar-refractivity contribution in [2.75, 3.05) is 5.73 Å². The summed E-state index contributed by atoms with van der Waals surface area (Å²) in [6, 6.07) is 8.12. The zero-order chi connectivity index (χ0) is 20.4. The number of nitrogens with two attached hydrogens (primary N) is 1. The molecule has 0 saturated heterocycles. The van der Waals surface area contributed by atoms with Crippen molar-refractivity contribution in [1.82, 2.24) is 14.8 Å². The van der Waals surface area contributed by atoms with Crippen LogP contribution in [0.25, 0.3) is 5.69 Å². The molecule has 0 unspecified atom stereocenters. The first-order chi connectivity index (χ1) is 13.3. The number of nitrogens with zero attached hydrogens (tertiary/aromatic N) is 3. The van der Waals surface area contributed by atoms with Crippen LogP contribution >= 0.6 is 23.1 Å². The Bertz CT molecular complexity index is 986. The summed E-state index contributed by atoms with van der Waals surface area (Å²) in [6.45, 7) is 2.68. The Kier molecular flexibility index (Phi) is 5.99. The number of aryl methyl sites for hydroxylation is 1. The van der Waals surface area contributed by atoms with E-state index in [9.17, 15) is 13.6 Å². The fraction of sp³-hybridized carbons (Fsp3) is 0.278. The van der Waals surface area contributed by atoms with Gasteiger partial charge in [0.25, 0.3) is 0 Å². The van der Waals surface area contributed by atoms with Crippen molar-refractivity contribution in [3.63, 3.8) is 0 Å². The Hall–Kier alpha value is -2.46. The first-order valence-corrected chi connectivity index (χ1v) is 10.00. The Morgan fingerprint density at radius 2 is 1.93 bits per heavy atom. The van der Waals surface area contributed by atoms with Crippen LogP contribution in [0.2, 0.25) is 0 Å². The Labute approximate surface area is 168 Å². The molecule has 0 bridgehead atoms. The zero-order valence-corrected chi connectivity index (χ0v) is 17.0. The summed E-state index contributed by atoms with van der Waals surface area (Å²) in [5.74, 6) is 0.0506. The van der Waals surface area contributed by atoms with E-state index in [1.807, 2.05) is 31.4 Å². The van der Waals surface area contributed by atoms with Crippen molar-refractivity contribution in [3.05, 3.63) is 47.3 Å². The molecule has 0 amide bonds. The number of hydrogen-bond donors (Lipinski definition) is 1. The second-order valence-corrected chi connectivity index (χ2v) is 8.62. The lowest BCUT2D eigenvalue weighted by Crippen LogP contribution is -2.14. The van der Waals surface area contributed by atoms with Crippen molar-refractivity contribution in [1.29, 1.82) is 0 Å². The van der Waals surface area contributed by atoms with Crippen LogP contribution in [0, 0.1) is 13.8 Å². The summed E-state index contributed by atoms with van der Waals surface area (Å²) in [5, 5.41) is 7.69. The number of hydrogen-bond acceptors (Lipinski definition) is 7. The van der Waals surface area contributed by atoms with Crippen LogP contribution in [-0.2, 0) is 0 Å². The number of halogens is 2. The second-order valence-electron chi connectivity index (χ2n) is 6.02. The van der Waals surface area contributed by atoms with E-state index in [1.54, 1.807) is 12.1 Å². The third kappa shape index (κ3) is 4.33. The molecule has 28 heavy (non-hydrogen) atoms.